The zero-order chi connectivity index (χ0) is 13.6. The maximum absolute atomic E-state index is 6.25. The van der Waals surface area contributed by atoms with Crippen LogP contribution in [-0.4, -0.2) is 9.97 Å². The molecule has 2 N–H and O–H groups in total. The molecular weight excluding hydrogens is 346 g/mol. The van der Waals surface area contributed by atoms with Crippen molar-refractivity contribution in [1.29, 1.82) is 0 Å². The Balaban J connectivity index is 2.27. The van der Waals surface area contributed by atoms with Gasteiger partial charge >= 0.3 is 0 Å². The van der Waals surface area contributed by atoms with Gasteiger partial charge in [0.25, 0.3) is 0 Å². The highest BCUT2D eigenvalue weighted by Gasteiger charge is 2.14. The monoisotopic (exact) mass is 353 g/mol. The van der Waals surface area contributed by atoms with Crippen molar-refractivity contribution in [3.05, 3.63) is 38.6 Å². The maximum atomic E-state index is 6.25. The third-order valence-corrected chi connectivity index (χ3v) is 4.98. The number of benzene rings is 1. The first kappa shape index (κ1) is 12.8. The molecule has 0 radical (unpaired) electrons. The Morgan fingerprint density at radius 3 is 2.79 bits per heavy atom. The minimum atomic E-state index is 0.461. The number of fused-ring (bicyclic) bond motifs is 1. The number of anilines is 1. The molecule has 2 aromatic heterocycles. The van der Waals surface area contributed by atoms with Crippen molar-refractivity contribution < 1.29 is 0 Å². The summed E-state index contributed by atoms with van der Waals surface area (Å²) in [7, 11) is 0. The van der Waals surface area contributed by atoms with E-state index >= 15 is 0 Å². The average Bonchev–Trinajstić information content (AvgIpc) is 2.71. The second kappa shape index (κ2) is 4.74. The van der Waals surface area contributed by atoms with Gasteiger partial charge in [-0.05, 0) is 36.1 Å². The van der Waals surface area contributed by atoms with Crippen molar-refractivity contribution in [1.82, 2.24) is 9.97 Å². The summed E-state index contributed by atoms with van der Waals surface area (Å²) in [5, 5.41) is 3.52. The lowest BCUT2D eigenvalue weighted by Crippen LogP contribution is -1.97. The summed E-state index contributed by atoms with van der Waals surface area (Å²) in [6.45, 7) is 1.96. The standard InChI is InChI=1S/C13H9BrClN3S/c1-6-5-19-11(10(6)15)13-17-9-3-2-7(14)4-8(9)12(16)18-13/h2-5H,1H3,(H2,16,17,18). The Morgan fingerprint density at radius 1 is 1.32 bits per heavy atom. The summed E-state index contributed by atoms with van der Waals surface area (Å²) in [5.74, 6) is 1.04. The van der Waals surface area contributed by atoms with Gasteiger partial charge in [-0.1, -0.05) is 27.5 Å². The molecular formula is C13H9BrClN3S. The fraction of sp³-hybridized carbons (Fsp3) is 0.0769. The number of aryl methyl sites for hydroxylation is 1. The predicted octanol–water partition coefficient (Wildman–Crippen LogP) is 4.66. The summed E-state index contributed by atoms with van der Waals surface area (Å²) in [6.07, 6.45) is 0. The van der Waals surface area contributed by atoms with Crippen molar-refractivity contribution in [2.75, 3.05) is 5.73 Å². The molecule has 0 aliphatic heterocycles. The Hall–Kier alpha value is -1.17. The molecule has 0 amide bonds. The van der Waals surface area contributed by atoms with Crippen LogP contribution in [0.2, 0.25) is 5.02 Å². The quantitative estimate of drug-likeness (QED) is 0.691. The van der Waals surface area contributed by atoms with Gasteiger partial charge in [-0.25, -0.2) is 9.97 Å². The predicted molar refractivity (Wildman–Crippen MR) is 84.7 cm³/mol. The number of rotatable bonds is 1. The Kier molecular flexibility index (Phi) is 3.20. The second-order valence-corrected chi connectivity index (χ2v) is 6.33. The fourth-order valence-electron chi connectivity index (χ4n) is 1.81. The molecule has 0 unspecified atom stereocenters. The zero-order valence-corrected chi connectivity index (χ0v) is 13.1. The first-order valence-corrected chi connectivity index (χ1v) is 7.58. The molecule has 2 heterocycles. The van der Waals surface area contributed by atoms with Crippen LogP contribution in [0.5, 0.6) is 0 Å². The van der Waals surface area contributed by atoms with Crippen molar-refractivity contribution in [2.45, 2.75) is 6.92 Å². The van der Waals surface area contributed by atoms with Crippen LogP contribution in [0.4, 0.5) is 5.82 Å². The van der Waals surface area contributed by atoms with E-state index in [2.05, 4.69) is 25.9 Å². The Bertz CT molecular complexity index is 785. The van der Waals surface area contributed by atoms with Gasteiger partial charge < -0.3 is 5.73 Å². The molecule has 3 aromatic rings. The van der Waals surface area contributed by atoms with Crippen molar-refractivity contribution in [3.8, 4) is 10.7 Å². The molecule has 1 aromatic carbocycles. The molecule has 0 atom stereocenters. The first-order chi connectivity index (χ1) is 9.06. The fourth-order valence-corrected chi connectivity index (χ4v) is 3.38. The van der Waals surface area contributed by atoms with Gasteiger partial charge in [0.05, 0.1) is 15.4 Å². The van der Waals surface area contributed by atoms with Gasteiger partial charge in [0, 0.05) is 9.86 Å². The molecule has 0 saturated carbocycles. The summed E-state index contributed by atoms with van der Waals surface area (Å²) >= 11 is 11.2. The second-order valence-electron chi connectivity index (χ2n) is 4.16. The van der Waals surface area contributed by atoms with Gasteiger partial charge in [0.2, 0.25) is 0 Å². The number of halogens is 2. The van der Waals surface area contributed by atoms with Crippen LogP contribution < -0.4 is 5.73 Å². The average molecular weight is 355 g/mol. The van der Waals surface area contributed by atoms with E-state index in [4.69, 9.17) is 17.3 Å². The molecule has 3 nitrogen and oxygen atoms in total. The van der Waals surface area contributed by atoms with Crippen LogP contribution in [0.1, 0.15) is 5.56 Å². The van der Waals surface area contributed by atoms with Crippen LogP contribution in [0.25, 0.3) is 21.6 Å². The smallest absolute Gasteiger partial charge is 0.173 e. The number of nitrogen functional groups attached to an aromatic ring is 1. The van der Waals surface area contributed by atoms with Gasteiger partial charge in [-0.2, -0.15) is 0 Å². The summed E-state index contributed by atoms with van der Waals surface area (Å²) in [4.78, 5) is 9.75. The van der Waals surface area contributed by atoms with Gasteiger partial charge in [0.1, 0.15) is 5.82 Å². The third-order valence-electron chi connectivity index (χ3n) is 2.79. The highest BCUT2D eigenvalue weighted by molar-refractivity contribution is 9.10. The maximum Gasteiger partial charge on any atom is 0.173 e. The molecule has 6 heteroatoms. The SMILES string of the molecule is Cc1csc(-c2nc(N)c3cc(Br)ccc3n2)c1Cl. The lowest BCUT2D eigenvalue weighted by Gasteiger charge is -2.05. The van der Waals surface area contributed by atoms with E-state index in [1.807, 2.05) is 30.5 Å². The molecule has 96 valence electrons. The van der Waals surface area contributed by atoms with E-state index in [1.54, 1.807) is 0 Å². The van der Waals surface area contributed by atoms with E-state index in [9.17, 15) is 0 Å². The van der Waals surface area contributed by atoms with Crippen LogP contribution in [0.3, 0.4) is 0 Å². The number of hydrogen-bond acceptors (Lipinski definition) is 4. The van der Waals surface area contributed by atoms with E-state index in [1.165, 1.54) is 11.3 Å². The molecule has 0 bridgehead atoms. The molecule has 0 aliphatic rings. The van der Waals surface area contributed by atoms with Crippen LogP contribution in [0, 0.1) is 6.92 Å². The summed E-state index contributed by atoms with van der Waals surface area (Å²) in [5.41, 5.74) is 7.85. The largest absolute Gasteiger partial charge is 0.383 e. The highest BCUT2D eigenvalue weighted by Crippen LogP contribution is 2.36. The summed E-state index contributed by atoms with van der Waals surface area (Å²) < 4.78 is 0.952. The van der Waals surface area contributed by atoms with E-state index in [0.717, 1.165) is 25.8 Å². The molecule has 0 spiro atoms. The molecule has 0 fully saturated rings. The summed E-state index contributed by atoms with van der Waals surface area (Å²) in [6, 6.07) is 5.75. The number of thiophene rings is 1. The van der Waals surface area contributed by atoms with Crippen LogP contribution in [-0.2, 0) is 0 Å². The van der Waals surface area contributed by atoms with E-state index in [-0.39, 0.29) is 0 Å². The molecule has 19 heavy (non-hydrogen) atoms. The van der Waals surface area contributed by atoms with E-state index in [0.29, 0.717) is 16.7 Å². The van der Waals surface area contributed by atoms with Crippen molar-refractivity contribution in [3.63, 3.8) is 0 Å². The number of hydrogen-bond donors (Lipinski definition) is 1. The number of nitrogens with two attached hydrogens (primary N) is 1. The lowest BCUT2D eigenvalue weighted by atomic mass is 10.2. The minimum Gasteiger partial charge on any atom is -0.383 e. The van der Waals surface area contributed by atoms with Gasteiger partial charge in [-0.3, -0.25) is 0 Å². The normalized spacial score (nSPS) is 11.1. The molecule has 0 saturated heterocycles. The van der Waals surface area contributed by atoms with Crippen molar-refractivity contribution >= 4 is 55.6 Å². The topological polar surface area (TPSA) is 51.8 Å². The highest BCUT2D eigenvalue weighted by atomic mass is 79.9. The molecule has 0 aliphatic carbocycles. The minimum absolute atomic E-state index is 0.461. The van der Waals surface area contributed by atoms with E-state index < -0.39 is 0 Å². The number of aromatic nitrogens is 2. The number of nitrogens with zero attached hydrogens (tertiary/aromatic N) is 2. The molecule has 3 rings (SSSR count). The van der Waals surface area contributed by atoms with Crippen LogP contribution in [0.15, 0.2) is 28.1 Å². The van der Waals surface area contributed by atoms with Crippen LogP contribution >= 0.6 is 38.9 Å². The lowest BCUT2D eigenvalue weighted by molar-refractivity contribution is 1.24. The van der Waals surface area contributed by atoms with Gasteiger partial charge in [0.15, 0.2) is 5.82 Å². The third kappa shape index (κ3) is 2.22. The zero-order valence-electron chi connectivity index (χ0n) is 9.95. The first-order valence-electron chi connectivity index (χ1n) is 5.53. The Labute approximate surface area is 127 Å². The van der Waals surface area contributed by atoms with Crippen molar-refractivity contribution in [2.24, 2.45) is 0 Å². The van der Waals surface area contributed by atoms with Gasteiger partial charge in [-0.15, -0.1) is 11.3 Å². The Morgan fingerprint density at radius 2 is 2.11 bits per heavy atom.